The molecule has 2 aromatic carbocycles. The number of aryl methyl sites for hydroxylation is 1. The van der Waals surface area contributed by atoms with E-state index in [0.717, 1.165) is 45.8 Å². The molecule has 4 rings (SSSR count). The van der Waals surface area contributed by atoms with Crippen molar-refractivity contribution in [3.63, 3.8) is 0 Å². The standard InChI is InChI=1S/C27H29N3O3/c1-6-18-8-11-20(12-9-18)30-25(32)22(24(31)28-26(30)33)15-19-10-13-23-21(14-19)17(3)16-27(4,5)29(23)7-2/h8-16H,6-7H2,1-5H3,(H,28,31,33)/b22-15-. The van der Waals surface area contributed by atoms with Crippen molar-refractivity contribution in [1.29, 1.82) is 0 Å². The summed E-state index contributed by atoms with van der Waals surface area (Å²) < 4.78 is 0. The molecular weight excluding hydrogens is 414 g/mol. The average molecular weight is 444 g/mol. The van der Waals surface area contributed by atoms with Gasteiger partial charge in [-0.3, -0.25) is 14.9 Å². The normalized spacial score (nSPS) is 18.9. The Morgan fingerprint density at radius 1 is 1.00 bits per heavy atom. The Morgan fingerprint density at radius 2 is 1.70 bits per heavy atom. The molecule has 1 fully saturated rings. The van der Waals surface area contributed by atoms with Crippen molar-refractivity contribution in [2.75, 3.05) is 16.3 Å². The summed E-state index contributed by atoms with van der Waals surface area (Å²) in [5.41, 5.74) is 5.42. The van der Waals surface area contributed by atoms with Crippen molar-refractivity contribution < 1.29 is 14.4 Å². The Balaban J connectivity index is 1.72. The molecule has 2 aromatic rings. The number of carbonyl (C=O) groups is 3. The summed E-state index contributed by atoms with van der Waals surface area (Å²) >= 11 is 0. The van der Waals surface area contributed by atoms with E-state index in [4.69, 9.17) is 0 Å². The lowest BCUT2D eigenvalue weighted by atomic mass is 9.88. The van der Waals surface area contributed by atoms with E-state index in [-0.39, 0.29) is 11.1 Å². The molecule has 1 saturated heterocycles. The number of rotatable bonds is 4. The Hall–Kier alpha value is -3.67. The number of hydrogen-bond donors (Lipinski definition) is 1. The topological polar surface area (TPSA) is 69.7 Å². The highest BCUT2D eigenvalue weighted by Gasteiger charge is 2.37. The number of hydrogen-bond acceptors (Lipinski definition) is 4. The first-order chi connectivity index (χ1) is 15.7. The van der Waals surface area contributed by atoms with E-state index < -0.39 is 17.8 Å². The third-order valence-corrected chi connectivity index (χ3v) is 6.33. The number of imide groups is 2. The molecule has 33 heavy (non-hydrogen) atoms. The van der Waals surface area contributed by atoms with Crippen LogP contribution in [0.15, 0.2) is 54.1 Å². The zero-order valence-electron chi connectivity index (χ0n) is 19.7. The number of fused-ring (bicyclic) bond motifs is 1. The molecule has 2 aliphatic rings. The van der Waals surface area contributed by atoms with E-state index in [1.54, 1.807) is 18.2 Å². The molecule has 0 unspecified atom stereocenters. The van der Waals surface area contributed by atoms with Gasteiger partial charge in [0.2, 0.25) is 0 Å². The molecule has 6 nitrogen and oxygen atoms in total. The van der Waals surface area contributed by atoms with Crippen LogP contribution in [0.25, 0.3) is 11.6 Å². The van der Waals surface area contributed by atoms with Crippen LogP contribution in [-0.2, 0) is 16.0 Å². The van der Waals surface area contributed by atoms with Gasteiger partial charge in [0, 0.05) is 17.8 Å². The van der Waals surface area contributed by atoms with Crippen LogP contribution >= 0.6 is 0 Å². The van der Waals surface area contributed by atoms with E-state index in [2.05, 4.69) is 44.0 Å². The molecule has 0 aromatic heterocycles. The number of urea groups is 1. The van der Waals surface area contributed by atoms with Crippen molar-refractivity contribution in [3.8, 4) is 0 Å². The molecule has 170 valence electrons. The van der Waals surface area contributed by atoms with Gasteiger partial charge in [0.25, 0.3) is 11.8 Å². The number of carbonyl (C=O) groups excluding carboxylic acids is 3. The molecule has 0 aliphatic carbocycles. The van der Waals surface area contributed by atoms with Crippen molar-refractivity contribution in [3.05, 3.63) is 70.8 Å². The number of allylic oxidation sites excluding steroid dienone is 1. The Kier molecular flexibility index (Phi) is 5.70. The highest BCUT2D eigenvalue weighted by molar-refractivity contribution is 6.39. The summed E-state index contributed by atoms with van der Waals surface area (Å²) in [7, 11) is 0. The van der Waals surface area contributed by atoms with Gasteiger partial charge in [-0.05, 0) is 81.2 Å². The monoisotopic (exact) mass is 443 g/mol. The number of amides is 4. The Bertz CT molecular complexity index is 1210. The highest BCUT2D eigenvalue weighted by atomic mass is 16.2. The smallest absolute Gasteiger partial charge is 0.335 e. The van der Waals surface area contributed by atoms with Gasteiger partial charge in [0.05, 0.1) is 11.2 Å². The van der Waals surface area contributed by atoms with Crippen LogP contribution in [0.3, 0.4) is 0 Å². The van der Waals surface area contributed by atoms with Gasteiger partial charge >= 0.3 is 6.03 Å². The molecule has 0 spiro atoms. The highest BCUT2D eigenvalue weighted by Crippen LogP contribution is 2.39. The second-order valence-electron chi connectivity index (χ2n) is 8.98. The maximum atomic E-state index is 13.2. The Labute approximate surface area is 194 Å². The minimum atomic E-state index is -0.739. The summed E-state index contributed by atoms with van der Waals surface area (Å²) in [5.74, 6) is -1.32. The first kappa shape index (κ1) is 22.5. The fourth-order valence-electron chi connectivity index (χ4n) is 4.71. The lowest BCUT2D eigenvalue weighted by molar-refractivity contribution is -0.122. The average Bonchev–Trinajstić information content (AvgIpc) is 2.77. The summed E-state index contributed by atoms with van der Waals surface area (Å²) in [6, 6.07) is 12.4. The van der Waals surface area contributed by atoms with Crippen molar-refractivity contribution in [2.45, 2.75) is 46.6 Å². The van der Waals surface area contributed by atoms with Crippen LogP contribution in [0.2, 0.25) is 0 Å². The predicted molar refractivity (Wildman–Crippen MR) is 132 cm³/mol. The van der Waals surface area contributed by atoms with Gasteiger partial charge in [-0.25, -0.2) is 9.69 Å². The summed E-state index contributed by atoms with van der Waals surface area (Å²) in [6.45, 7) is 11.5. The number of anilines is 2. The minimum Gasteiger partial charge on any atom is -0.363 e. The largest absolute Gasteiger partial charge is 0.363 e. The fourth-order valence-corrected chi connectivity index (χ4v) is 4.71. The van der Waals surface area contributed by atoms with E-state index in [1.807, 2.05) is 37.3 Å². The van der Waals surface area contributed by atoms with E-state index >= 15 is 0 Å². The molecule has 0 bridgehead atoms. The van der Waals surface area contributed by atoms with Crippen LogP contribution in [0.5, 0.6) is 0 Å². The van der Waals surface area contributed by atoms with Crippen LogP contribution < -0.4 is 15.1 Å². The maximum Gasteiger partial charge on any atom is 0.335 e. The SMILES string of the molecule is CCc1ccc(N2C(=O)NC(=O)/C(=C/c3ccc4c(c3)C(C)=CC(C)(C)N4CC)C2=O)cc1. The molecular formula is C27H29N3O3. The van der Waals surface area contributed by atoms with E-state index in [1.165, 1.54) is 0 Å². The number of nitrogens with zero attached hydrogens (tertiary/aromatic N) is 2. The number of likely N-dealkylation sites (N-methyl/N-ethyl adjacent to an activating group) is 1. The van der Waals surface area contributed by atoms with Crippen LogP contribution in [0.4, 0.5) is 16.2 Å². The number of barbiturate groups is 1. The maximum absolute atomic E-state index is 13.2. The third-order valence-electron chi connectivity index (χ3n) is 6.33. The quantitative estimate of drug-likeness (QED) is 0.537. The lowest BCUT2D eigenvalue weighted by Crippen LogP contribution is -2.54. The van der Waals surface area contributed by atoms with Gasteiger partial charge < -0.3 is 4.90 Å². The van der Waals surface area contributed by atoms with Crippen molar-refractivity contribution in [2.24, 2.45) is 0 Å². The lowest BCUT2D eigenvalue weighted by Gasteiger charge is -2.42. The van der Waals surface area contributed by atoms with Crippen LogP contribution in [0, 0.1) is 0 Å². The van der Waals surface area contributed by atoms with Gasteiger partial charge in [-0.15, -0.1) is 0 Å². The molecule has 2 heterocycles. The minimum absolute atomic E-state index is 0.0702. The summed E-state index contributed by atoms with van der Waals surface area (Å²) in [4.78, 5) is 41.6. The van der Waals surface area contributed by atoms with E-state index in [9.17, 15) is 14.4 Å². The first-order valence-electron chi connectivity index (χ1n) is 11.3. The van der Waals surface area contributed by atoms with Gasteiger partial charge in [-0.1, -0.05) is 31.2 Å². The third kappa shape index (κ3) is 3.97. The molecule has 6 heteroatoms. The van der Waals surface area contributed by atoms with E-state index in [0.29, 0.717) is 5.69 Å². The van der Waals surface area contributed by atoms with Crippen LogP contribution in [-0.4, -0.2) is 29.9 Å². The number of benzene rings is 2. The fraction of sp³-hybridized carbons (Fsp3) is 0.296. The molecule has 0 radical (unpaired) electrons. The predicted octanol–water partition coefficient (Wildman–Crippen LogP) is 4.94. The van der Waals surface area contributed by atoms with Crippen LogP contribution in [0.1, 0.15) is 51.3 Å². The van der Waals surface area contributed by atoms with Crippen molar-refractivity contribution >= 4 is 40.9 Å². The number of nitrogens with one attached hydrogen (secondary N) is 1. The van der Waals surface area contributed by atoms with Crippen molar-refractivity contribution in [1.82, 2.24) is 5.32 Å². The first-order valence-corrected chi connectivity index (χ1v) is 11.3. The summed E-state index contributed by atoms with van der Waals surface area (Å²) in [5, 5.41) is 2.29. The second kappa shape index (κ2) is 8.35. The molecule has 0 saturated carbocycles. The Morgan fingerprint density at radius 3 is 2.33 bits per heavy atom. The molecule has 4 amide bonds. The molecule has 1 N–H and O–H groups in total. The summed E-state index contributed by atoms with van der Waals surface area (Å²) in [6.07, 6.45) is 4.64. The van der Waals surface area contributed by atoms with Gasteiger partial charge in [-0.2, -0.15) is 0 Å². The second-order valence-corrected chi connectivity index (χ2v) is 8.98. The van der Waals surface area contributed by atoms with Gasteiger partial charge in [0.15, 0.2) is 0 Å². The van der Waals surface area contributed by atoms with Gasteiger partial charge in [0.1, 0.15) is 5.57 Å². The zero-order valence-corrected chi connectivity index (χ0v) is 19.7. The zero-order chi connectivity index (χ0) is 23.9. The molecule has 0 atom stereocenters. The molecule has 2 aliphatic heterocycles.